The third-order valence-corrected chi connectivity index (χ3v) is 5.65. The zero-order chi connectivity index (χ0) is 25.8. The van der Waals surface area contributed by atoms with Crippen molar-refractivity contribution in [3.05, 3.63) is 59.7 Å². The van der Waals surface area contributed by atoms with Crippen molar-refractivity contribution in [3.8, 4) is 5.75 Å². The van der Waals surface area contributed by atoms with Crippen LogP contribution < -0.4 is 21.7 Å². The highest BCUT2D eigenvalue weighted by atomic mass is 16.3. The summed E-state index contributed by atoms with van der Waals surface area (Å²) in [6.07, 6.45) is 2.97. The maximum absolute atomic E-state index is 12.7. The Kier molecular flexibility index (Phi) is 11.2. The van der Waals surface area contributed by atoms with E-state index in [9.17, 15) is 19.5 Å². The van der Waals surface area contributed by atoms with Crippen LogP contribution in [0, 0.1) is 5.92 Å². The highest BCUT2D eigenvalue weighted by molar-refractivity contribution is 5.98. The molecule has 2 aromatic carbocycles. The molecule has 0 radical (unpaired) electrons. The van der Waals surface area contributed by atoms with Crippen LogP contribution in [0.5, 0.6) is 5.75 Å². The Bertz CT molecular complexity index is 975. The molecule has 0 spiro atoms. The number of para-hydroxylation sites is 1. The standard InChI is InChI=1S/C27H38N4O4/c1-18(2)15-16-29-25(33)10-6-8-21-7-4-5-9-24(21)31-26(34)19(3)30-27(35)23(28)17-20-11-13-22(32)14-12-20/h4-5,7,9,11-14,18-19,23,32H,6,8,10,15-17,28H2,1-3H3,(H,29,33)(H,30,35)(H,31,34)/t19-,23-/m0/s1. The van der Waals surface area contributed by atoms with E-state index in [-0.39, 0.29) is 24.0 Å². The molecule has 0 fully saturated rings. The fourth-order valence-corrected chi connectivity index (χ4v) is 3.49. The molecule has 2 atom stereocenters. The second-order valence-corrected chi connectivity index (χ2v) is 9.24. The molecule has 2 rings (SSSR count). The number of nitrogens with one attached hydrogen (secondary N) is 3. The summed E-state index contributed by atoms with van der Waals surface area (Å²) in [7, 11) is 0. The average Bonchev–Trinajstić information content (AvgIpc) is 2.81. The zero-order valence-corrected chi connectivity index (χ0v) is 20.8. The molecule has 6 N–H and O–H groups in total. The first-order valence-electron chi connectivity index (χ1n) is 12.1. The van der Waals surface area contributed by atoms with Crippen molar-refractivity contribution in [1.82, 2.24) is 10.6 Å². The first-order valence-corrected chi connectivity index (χ1v) is 12.1. The molecule has 0 aromatic heterocycles. The summed E-state index contributed by atoms with van der Waals surface area (Å²) in [5.41, 5.74) is 8.40. The van der Waals surface area contributed by atoms with E-state index in [1.54, 1.807) is 25.1 Å². The number of anilines is 1. The summed E-state index contributed by atoms with van der Waals surface area (Å²) in [6.45, 7) is 6.53. The van der Waals surface area contributed by atoms with E-state index in [2.05, 4.69) is 29.8 Å². The van der Waals surface area contributed by atoms with Gasteiger partial charge in [-0.15, -0.1) is 0 Å². The Morgan fingerprint density at radius 3 is 2.34 bits per heavy atom. The van der Waals surface area contributed by atoms with Gasteiger partial charge in [0, 0.05) is 18.7 Å². The van der Waals surface area contributed by atoms with Gasteiger partial charge in [0.15, 0.2) is 0 Å². The van der Waals surface area contributed by atoms with Gasteiger partial charge in [-0.2, -0.15) is 0 Å². The SMILES string of the molecule is CC(C)CCNC(=O)CCCc1ccccc1NC(=O)[C@H](C)NC(=O)[C@@H](N)Cc1ccc(O)cc1. The lowest BCUT2D eigenvalue weighted by Crippen LogP contribution is -2.49. The van der Waals surface area contributed by atoms with Crippen molar-refractivity contribution in [2.45, 2.75) is 65.0 Å². The smallest absolute Gasteiger partial charge is 0.246 e. The molecule has 0 saturated heterocycles. The van der Waals surface area contributed by atoms with Crippen LogP contribution in [-0.2, 0) is 27.2 Å². The maximum atomic E-state index is 12.7. The number of rotatable bonds is 13. The van der Waals surface area contributed by atoms with Gasteiger partial charge < -0.3 is 26.8 Å². The quantitative estimate of drug-likeness (QED) is 0.299. The number of phenolic OH excluding ortho intramolecular Hbond substituents is 1. The van der Waals surface area contributed by atoms with Crippen LogP contribution in [0.3, 0.4) is 0 Å². The largest absolute Gasteiger partial charge is 0.508 e. The molecule has 0 aliphatic heterocycles. The molecule has 8 nitrogen and oxygen atoms in total. The van der Waals surface area contributed by atoms with Crippen molar-refractivity contribution in [3.63, 3.8) is 0 Å². The second-order valence-electron chi connectivity index (χ2n) is 9.24. The summed E-state index contributed by atoms with van der Waals surface area (Å²) in [5.74, 6) is -0.0612. The summed E-state index contributed by atoms with van der Waals surface area (Å²) in [6, 6.07) is 12.3. The number of hydrogen-bond acceptors (Lipinski definition) is 5. The van der Waals surface area contributed by atoms with Crippen LogP contribution in [0.4, 0.5) is 5.69 Å². The van der Waals surface area contributed by atoms with E-state index in [0.717, 1.165) is 17.5 Å². The predicted molar refractivity (Wildman–Crippen MR) is 138 cm³/mol. The molecule has 0 saturated carbocycles. The van der Waals surface area contributed by atoms with Gasteiger partial charge in [-0.1, -0.05) is 44.2 Å². The molecule has 3 amide bonds. The molecule has 190 valence electrons. The number of aryl methyl sites for hydroxylation is 1. The number of amides is 3. The fraction of sp³-hybridized carbons (Fsp3) is 0.444. The van der Waals surface area contributed by atoms with Crippen molar-refractivity contribution in [2.24, 2.45) is 11.7 Å². The number of nitrogens with two attached hydrogens (primary N) is 1. The van der Waals surface area contributed by atoms with E-state index in [4.69, 9.17) is 5.73 Å². The van der Waals surface area contributed by atoms with Crippen LogP contribution in [-0.4, -0.2) is 41.5 Å². The topological polar surface area (TPSA) is 134 Å². The molecule has 0 bridgehead atoms. The van der Waals surface area contributed by atoms with Crippen LogP contribution in [0.1, 0.15) is 51.2 Å². The molecular formula is C27H38N4O4. The lowest BCUT2D eigenvalue weighted by atomic mass is 10.0. The van der Waals surface area contributed by atoms with Gasteiger partial charge >= 0.3 is 0 Å². The number of benzene rings is 2. The van der Waals surface area contributed by atoms with Crippen molar-refractivity contribution < 1.29 is 19.5 Å². The van der Waals surface area contributed by atoms with Crippen molar-refractivity contribution >= 4 is 23.4 Å². The van der Waals surface area contributed by atoms with Gasteiger partial charge in [0.1, 0.15) is 11.8 Å². The normalized spacial score (nSPS) is 12.6. The van der Waals surface area contributed by atoms with Gasteiger partial charge in [0.25, 0.3) is 0 Å². The Morgan fingerprint density at radius 2 is 1.66 bits per heavy atom. The van der Waals surface area contributed by atoms with Gasteiger partial charge in [0.2, 0.25) is 17.7 Å². The van der Waals surface area contributed by atoms with Crippen LogP contribution >= 0.6 is 0 Å². The highest BCUT2D eigenvalue weighted by Crippen LogP contribution is 2.18. The Balaban J connectivity index is 1.83. The van der Waals surface area contributed by atoms with E-state index in [1.165, 1.54) is 12.1 Å². The van der Waals surface area contributed by atoms with Crippen LogP contribution in [0.15, 0.2) is 48.5 Å². The number of hydrogen-bond donors (Lipinski definition) is 5. The fourth-order valence-electron chi connectivity index (χ4n) is 3.49. The Labute approximate surface area is 207 Å². The van der Waals surface area contributed by atoms with Crippen molar-refractivity contribution in [2.75, 3.05) is 11.9 Å². The lowest BCUT2D eigenvalue weighted by molar-refractivity contribution is -0.127. The van der Waals surface area contributed by atoms with Crippen LogP contribution in [0.2, 0.25) is 0 Å². The maximum Gasteiger partial charge on any atom is 0.246 e. The number of carbonyl (C=O) groups is 3. The number of phenols is 1. The molecule has 8 heteroatoms. The van der Waals surface area contributed by atoms with Crippen LogP contribution in [0.25, 0.3) is 0 Å². The summed E-state index contributed by atoms with van der Waals surface area (Å²) in [4.78, 5) is 37.2. The highest BCUT2D eigenvalue weighted by Gasteiger charge is 2.21. The van der Waals surface area contributed by atoms with Gasteiger partial charge in [-0.25, -0.2) is 0 Å². The molecule has 2 aromatic rings. The van der Waals surface area contributed by atoms with E-state index in [0.29, 0.717) is 37.4 Å². The minimum Gasteiger partial charge on any atom is -0.508 e. The summed E-state index contributed by atoms with van der Waals surface area (Å²) in [5, 5.41) is 17.8. The van der Waals surface area contributed by atoms with E-state index >= 15 is 0 Å². The predicted octanol–water partition coefficient (Wildman–Crippen LogP) is 2.89. The molecule has 0 aliphatic rings. The third kappa shape index (κ3) is 10.2. The summed E-state index contributed by atoms with van der Waals surface area (Å²) < 4.78 is 0. The van der Waals surface area contributed by atoms with Gasteiger partial charge in [-0.3, -0.25) is 14.4 Å². The number of carbonyl (C=O) groups excluding carboxylic acids is 3. The lowest BCUT2D eigenvalue weighted by Gasteiger charge is -2.18. The molecule has 35 heavy (non-hydrogen) atoms. The van der Waals surface area contributed by atoms with E-state index in [1.807, 2.05) is 18.2 Å². The average molecular weight is 483 g/mol. The first kappa shape index (κ1) is 27.9. The Hall–Kier alpha value is -3.39. The summed E-state index contributed by atoms with van der Waals surface area (Å²) >= 11 is 0. The number of aromatic hydroxyl groups is 1. The first-order chi connectivity index (χ1) is 16.7. The molecule has 0 heterocycles. The van der Waals surface area contributed by atoms with Gasteiger partial charge in [-0.05, 0) is 67.9 Å². The minimum atomic E-state index is -0.825. The Morgan fingerprint density at radius 1 is 0.971 bits per heavy atom. The molecular weight excluding hydrogens is 444 g/mol. The van der Waals surface area contributed by atoms with Gasteiger partial charge in [0.05, 0.1) is 6.04 Å². The second kappa shape index (κ2) is 14.1. The molecule has 0 unspecified atom stereocenters. The third-order valence-electron chi connectivity index (χ3n) is 5.65. The zero-order valence-electron chi connectivity index (χ0n) is 20.8. The minimum absolute atomic E-state index is 0.0344. The van der Waals surface area contributed by atoms with Crippen molar-refractivity contribution in [1.29, 1.82) is 0 Å². The monoisotopic (exact) mass is 482 g/mol. The van der Waals surface area contributed by atoms with E-state index < -0.39 is 18.0 Å². The molecule has 0 aliphatic carbocycles.